The molecule has 98 valence electrons. The van der Waals surface area contributed by atoms with E-state index in [2.05, 4.69) is 0 Å². The number of methoxy groups -OCH3 is 1. The molecule has 0 amide bonds. The molecule has 3 saturated carbocycles. The van der Waals surface area contributed by atoms with Crippen LogP contribution in [0.2, 0.25) is 0 Å². The van der Waals surface area contributed by atoms with Crippen LogP contribution in [0.4, 0.5) is 0 Å². The SMILES string of the molecule is COCCOCCC12CC(C(N)C(=O)O)(C1)C2. The van der Waals surface area contributed by atoms with Gasteiger partial charge >= 0.3 is 5.97 Å². The van der Waals surface area contributed by atoms with Crippen LogP contribution >= 0.6 is 0 Å². The van der Waals surface area contributed by atoms with Gasteiger partial charge in [0.15, 0.2) is 0 Å². The van der Waals surface area contributed by atoms with Crippen molar-refractivity contribution in [3.63, 3.8) is 0 Å². The predicted octanol–water partition coefficient (Wildman–Crippen LogP) is 0.622. The molecular weight excluding hydrogens is 222 g/mol. The molecule has 3 N–H and O–H groups in total. The van der Waals surface area contributed by atoms with Crippen molar-refractivity contribution in [1.29, 1.82) is 0 Å². The number of ether oxygens (including phenoxy) is 2. The van der Waals surface area contributed by atoms with Gasteiger partial charge in [-0.25, -0.2) is 0 Å². The summed E-state index contributed by atoms with van der Waals surface area (Å²) in [5, 5.41) is 8.90. The van der Waals surface area contributed by atoms with Crippen molar-refractivity contribution in [2.24, 2.45) is 16.6 Å². The normalized spacial score (nSPS) is 35.9. The first kappa shape index (κ1) is 12.8. The number of rotatable bonds is 8. The summed E-state index contributed by atoms with van der Waals surface area (Å²) in [6.45, 7) is 1.99. The molecule has 3 aliphatic rings. The lowest BCUT2D eigenvalue weighted by molar-refractivity contribution is -0.228. The van der Waals surface area contributed by atoms with E-state index in [1.807, 2.05) is 0 Å². The van der Waals surface area contributed by atoms with E-state index in [9.17, 15) is 4.79 Å². The Balaban J connectivity index is 1.64. The van der Waals surface area contributed by atoms with Crippen molar-refractivity contribution in [3.05, 3.63) is 0 Å². The minimum Gasteiger partial charge on any atom is -0.480 e. The highest BCUT2D eigenvalue weighted by molar-refractivity contribution is 5.75. The van der Waals surface area contributed by atoms with Crippen LogP contribution in [0.3, 0.4) is 0 Å². The number of carboxylic acids is 1. The van der Waals surface area contributed by atoms with Crippen LogP contribution in [0, 0.1) is 10.8 Å². The quantitative estimate of drug-likeness (QED) is 0.611. The highest BCUT2D eigenvalue weighted by atomic mass is 16.5. The van der Waals surface area contributed by atoms with E-state index >= 15 is 0 Å². The Morgan fingerprint density at radius 1 is 1.35 bits per heavy atom. The van der Waals surface area contributed by atoms with Crippen LogP contribution in [0.5, 0.6) is 0 Å². The summed E-state index contributed by atoms with van der Waals surface area (Å²) in [4.78, 5) is 10.8. The molecule has 3 fully saturated rings. The van der Waals surface area contributed by atoms with Crippen molar-refractivity contribution in [1.82, 2.24) is 0 Å². The third-order valence-electron chi connectivity index (χ3n) is 4.32. The van der Waals surface area contributed by atoms with Crippen LogP contribution < -0.4 is 5.73 Å². The Morgan fingerprint density at radius 2 is 2.00 bits per heavy atom. The first-order chi connectivity index (χ1) is 8.04. The number of aliphatic carboxylic acids is 1. The van der Waals surface area contributed by atoms with E-state index in [0.29, 0.717) is 18.6 Å². The van der Waals surface area contributed by atoms with Crippen LogP contribution in [-0.4, -0.2) is 44.0 Å². The largest absolute Gasteiger partial charge is 0.480 e. The molecular formula is C12H21NO4. The molecule has 1 unspecified atom stereocenters. The van der Waals surface area contributed by atoms with Gasteiger partial charge in [-0.1, -0.05) is 0 Å². The van der Waals surface area contributed by atoms with E-state index in [1.54, 1.807) is 7.11 Å². The summed E-state index contributed by atoms with van der Waals surface area (Å²) in [5.74, 6) is -0.866. The van der Waals surface area contributed by atoms with Gasteiger partial charge in [0.2, 0.25) is 0 Å². The molecule has 0 aromatic carbocycles. The summed E-state index contributed by atoms with van der Waals surface area (Å²) in [5.41, 5.74) is 5.93. The molecule has 3 rings (SSSR count). The van der Waals surface area contributed by atoms with E-state index < -0.39 is 12.0 Å². The molecule has 3 aliphatic carbocycles. The molecule has 2 bridgehead atoms. The topological polar surface area (TPSA) is 81.8 Å². The molecule has 0 spiro atoms. The van der Waals surface area contributed by atoms with E-state index in [0.717, 1.165) is 32.3 Å². The zero-order chi connectivity index (χ0) is 12.5. The predicted molar refractivity (Wildman–Crippen MR) is 61.6 cm³/mol. The van der Waals surface area contributed by atoms with Gasteiger partial charge in [0.1, 0.15) is 6.04 Å². The third kappa shape index (κ3) is 2.19. The lowest BCUT2D eigenvalue weighted by atomic mass is 9.32. The Labute approximate surface area is 101 Å². The maximum Gasteiger partial charge on any atom is 0.321 e. The van der Waals surface area contributed by atoms with Gasteiger partial charge < -0.3 is 20.3 Å². The van der Waals surface area contributed by atoms with Crippen molar-refractivity contribution < 1.29 is 19.4 Å². The van der Waals surface area contributed by atoms with Crippen LogP contribution in [-0.2, 0) is 14.3 Å². The molecule has 0 radical (unpaired) electrons. The molecule has 0 heterocycles. The van der Waals surface area contributed by atoms with Crippen molar-refractivity contribution in [3.8, 4) is 0 Å². The maximum atomic E-state index is 10.8. The van der Waals surface area contributed by atoms with Crippen molar-refractivity contribution in [2.75, 3.05) is 26.9 Å². The standard InChI is InChI=1S/C12H21NO4/c1-16-4-5-17-3-2-11-6-12(7-11,8-11)9(13)10(14)15/h9H,2-8,13H2,1H3,(H,14,15). The molecule has 5 heteroatoms. The minimum atomic E-state index is -0.866. The molecule has 0 saturated heterocycles. The van der Waals surface area contributed by atoms with Gasteiger partial charge in [0, 0.05) is 13.7 Å². The molecule has 0 aromatic rings. The fraction of sp³-hybridized carbons (Fsp3) is 0.917. The number of hydrogen-bond acceptors (Lipinski definition) is 4. The van der Waals surface area contributed by atoms with Crippen LogP contribution in [0.1, 0.15) is 25.7 Å². The number of hydrogen-bond donors (Lipinski definition) is 2. The van der Waals surface area contributed by atoms with E-state index in [1.165, 1.54) is 0 Å². The van der Waals surface area contributed by atoms with Gasteiger partial charge in [-0.3, -0.25) is 4.79 Å². The summed E-state index contributed by atoms with van der Waals surface area (Å²) in [7, 11) is 1.65. The van der Waals surface area contributed by atoms with E-state index in [4.69, 9.17) is 20.3 Å². The van der Waals surface area contributed by atoms with Gasteiger partial charge in [-0.05, 0) is 36.5 Å². The Bertz CT molecular complexity index is 285. The monoisotopic (exact) mass is 243 g/mol. The zero-order valence-corrected chi connectivity index (χ0v) is 10.3. The lowest BCUT2D eigenvalue weighted by Crippen LogP contribution is -2.70. The summed E-state index contributed by atoms with van der Waals surface area (Å²) in [6.07, 6.45) is 3.90. The lowest BCUT2D eigenvalue weighted by Gasteiger charge is -2.72. The van der Waals surface area contributed by atoms with Crippen LogP contribution in [0.25, 0.3) is 0 Å². The average molecular weight is 243 g/mol. The fourth-order valence-electron chi connectivity index (χ4n) is 3.48. The van der Waals surface area contributed by atoms with Gasteiger partial charge in [-0.2, -0.15) is 0 Å². The first-order valence-electron chi connectivity index (χ1n) is 6.09. The first-order valence-corrected chi connectivity index (χ1v) is 6.09. The summed E-state index contributed by atoms with van der Waals surface area (Å²) < 4.78 is 10.3. The molecule has 17 heavy (non-hydrogen) atoms. The second-order valence-electron chi connectivity index (χ2n) is 5.56. The van der Waals surface area contributed by atoms with Gasteiger partial charge in [-0.15, -0.1) is 0 Å². The minimum absolute atomic E-state index is 0.0988. The smallest absolute Gasteiger partial charge is 0.321 e. The Morgan fingerprint density at radius 3 is 2.53 bits per heavy atom. The van der Waals surface area contributed by atoms with Gasteiger partial charge in [0.05, 0.1) is 13.2 Å². The second kappa shape index (κ2) is 4.55. The Kier molecular flexibility index (Phi) is 3.43. The fourth-order valence-corrected chi connectivity index (χ4v) is 3.48. The second-order valence-corrected chi connectivity index (χ2v) is 5.56. The molecule has 5 nitrogen and oxygen atoms in total. The number of carbonyl (C=O) groups is 1. The summed E-state index contributed by atoms with van der Waals surface area (Å²) in [6, 6.07) is -0.682. The number of nitrogens with two attached hydrogens (primary N) is 1. The maximum absolute atomic E-state index is 10.8. The van der Waals surface area contributed by atoms with Crippen LogP contribution in [0.15, 0.2) is 0 Å². The molecule has 0 aromatic heterocycles. The average Bonchev–Trinajstić information content (AvgIpc) is 2.17. The summed E-state index contributed by atoms with van der Waals surface area (Å²) >= 11 is 0. The molecule has 0 aliphatic heterocycles. The zero-order valence-electron chi connectivity index (χ0n) is 10.3. The van der Waals surface area contributed by atoms with Crippen molar-refractivity contribution in [2.45, 2.75) is 31.7 Å². The van der Waals surface area contributed by atoms with Crippen molar-refractivity contribution >= 4 is 5.97 Å². The van der Waals surface area contributed by atoms with Gasteiger partial charge in [0.25, 0.3) is 0 Å². The van der Waals surface area contributed by atoms with E-state index in [-0.39, 0.29) is 5.41 Å². The number of carboxylic acid groups (broad SMARTS) is 1. The molecule has 1 atom stereocenters. The third-order valence-corrected chi connectivity index (χ3v) is 4.32. The Hall–Kier alpha value is -0.650. The highest BCUT2D eigenvalue weighted by Gasteiger charge is 2.70. The highest BCUT2D eigenvalue weighted by Crippen LogP contribution is 2.75.